The predicted molar refractivity (Wildman–Crippen MR) is 57.8 cm³/mol. The minimum absolute atomic E-state index is 0.239. The molecule has 0 heterocycles. The Morgan fingerprint density at radius 2 is 2.07 bits per heavy atom. The number of rotatable bonds is 6. The van der Waals surface area contributed by atoms with Gasteiger partial charge in [-0.25, -0.2) is 0 Å². The molecule has 1 saturated carbocycles. The maximum Gasteiger partial charge on any atom is 0.223 e. The summed E-state index contributed by atoms with van der Waals surface area (Å²) in [7, 11) is 0. The molecule has 0 bridgehead atoms. The topological polar surface area (TPSA) is 55.1 Å². The van der Waals surface area contributed by atoms with Crippen LogP contribution in [0.1, 0.15) is 39.5 Å². The number of carbonyl (C=O) groups excluding carboxylic acids is 1. The Kier molecular flexibility index (Phi) is 3.93. The summed E-state index contributed by atoms with van der Waals surface area (Å²) in [6, 6.07) is 0. The zero-order chi connectivity index (χ0) is 10.6. The van der Waals surface area contributed by atoms with E-state index in [1.54, 1.807) is 0 Å². The van der Waals surface area contributed by atoms with Gasteiger partial charge in [-0.2, -0.15) is 0 Å². The zero-order valence-corrected chi connectivity index (χ0v) is 9.31. The van der Waals surface area contributed by atoms with Gasteiger partial charge in [-0.1, -0.05) is 20.3 Å². The van der Waals surface area contributed by atoms with Gasteiger partial charge in [0.25, 0.3) is 0 Å². The third-order valence-electron chi connectivity index (χ3n) is 3.01. The second-order valence-electron chi connectivity index (χ2n) is 4.89. The van der Waals surface area contributed by atoms with Crippen LogP contribution in [0.15, 0.2) is 0 Å². The van der Waals surface area contributed by atoms with Crippen LogP contribution in [-0.2, 0) is 4.79 Å². The second-order valence-corrected chi connectivity index (χ2v) is 4.89. The third kappa shape index (κ3) is 3.29. The fourth-order valence-electron chi connectivity index (χ4n) is 1.70. The van der Waals surface area contributed by atoms with Crippen LogP contribution in [0.25, 0.3) is 0 Å². The summed E-state index contributed by atoms with van der Waals surface area (Å²) < 4.78 is 0. The van der Waals surface area contributed by atoms with E-state index in [0.29, 0.717) is 0 Å². The molecule has 1 fully saturated rings. The molecule has 1 amide bonds. The second kappa shape index (κ2) is 4.78. The molecule has 82 valence electrons. The summed E-state index contributed by atoms with van der Waals surface area (Å²) in [5, 5.41) is 2.98. The molecule has 0 aliphatic heterocycles. The van der Waals surface area contributed by atoms with Crippen LogP contribution in [0.5, 0.6) is 0 Å². The molecule has 1 aliphatic rings. The van der Waals surface area contributed by atoms with Crippen LogP contribution in [0.3, 0.4) is 0 Å². The monoisotopic (exact) mass is 198 g/mol. The first-order valence-corrected chi connectivity index (χ1v) is 5.56. The van der Waals surface area contributed by atoms with Gasteiger partial charge in [0.1, 0.15) is 0 Å². The van der Waals surface area contributed by atoms with E-state index in [1.807, 2.05) is 0 Å². The molecular weight excluding hydrogens is 176 g/mol. The van der Waals surface area contributed by atoms with Crippen LogP contribution in [0.2, 0.25) is 0 Å². The minimum atomic E-state index is 0.239. The average Bonchev–Trinajstić information content (AvgIpc) is 2.75. The standard InChI is InChI=1S/C11H22N2O/c1-11(2)8-9(11)10(14)13-7-5-3-4-6-12/h9H,3-8,12H2,1-2H3,(H,13,14). The smallest absolute Gasteiger partial charge is 0.223 e. The van der Waals surface area contributed by atoms with Crippen molar-refractivity contribution in [1.29, 1.82) is 0 Å². The number of hydrogen-bond donors (Lipinski definition) is 2. The normalized spacial score (nSPS) is 23.2. The van der Waals surface area contributed by atoms with Gasteiger partial charge in [0, 0.05) is 12.5 Å². The minimum Gasteiger partial charge on any atom is -0.356 e. The zero-order valence-electron chi connectivity index (χ0n) is 9.31. The molecule has 0 aromatic heterocycles. The molecule has 14 heavy (non-hydrogen) atoms. The van der Waals surface area contributed by atoms with E-state index in [1.165, 1.54) is 0 Å². The van der Waals surface area contributed by atoms with Crippen molar-refractivity contribution in [3.63, 3.8) is 0 Å². The number of nitrogens with two attached hydrogens (primary N) is 1. The van der Waals surface area contributed by atoms with Crippen molar-refractivity contribution in [3.05, 3.63) is 0 Å². The van der Waals surface area contributed by atoms with Gasteiger partial charge in [0.15, 0.2) is 0 Å². The van der Waals surface area contributed by atoms with E-state index in [0.717, 1.165) is 38.8 Å². The Labute approximate surface area is 86.4 Å². The van der Waals surface area contributed by atoms with Gasteiger partial charge < -0.3 is 11.1 Å². The van der Waals surface area contributed by atoms with Crippen molar-refractivity contribution in [1.82, 2.24) is 5.32 Å². The Balaban J connectivity index is 2.00. The van der Waals surface area contributed by atoms with Gasteiger partial charge in [0.2, 0.25) is 5.91 Å². The molecule has 0 radical (unpaired) electrons. The lowest BCUT2D eigenvalue weighted by atomic mass is 10.1. The van der Waals surface area contributed by atoms with E-state index in [-0.39, 0.29) is 17.2 Å². The fraction of sp³-hybridized carbons (Fsp3) is 0.909. The molecule has 1 rings (SSSR count). The highest BCUT2D eigenvalue weighted by Gasteiger charge is 2.50. The molecule has 1 atom stereocenters. The van der Waals surface area contributed by atoms with Crippen molar-refractivity contribution in [3.8, 4) is 0 Å². The van der Waals surface area contributed by atoms with E-state index in [4.69, 9.17) is 5.73 Å². The SMILES string of the molecule is CC1(C)CC1C(=O)NCCCCCN. The van der Waals surface area contributed by atoms with E-state index in [9.17, 15) is 4.79 Å². The molecule has 0 spiro atoms. The van der Waals surface area contributed by atoms with E-state index in [2.05, 4.69) is 19.2 Å². The van der Waals surface area contributed by atoms with E-state index >= 15 is 0 Å². The third-order valence-corrected chi connectivity index (χ3v) is 3.01. The highest BCUT2D eigenvalue weighted by molar-refractivity contribution is 5.82. The van der Waals surface area contributed by atoms with Crippen molar-refractivity contribution < 1.29 is 4.79 Å². The Morgan fingerprint density at radius 3 is 2.57 bits per heavy atom. The highest BCUT2D eigenvalue weighted by Crippen LogP contribution is 2.51. The van der Waals surface area contributed by atoms with Crippen LogP contribution in [0.4, 0.5) is 0 Å². The first kappa shape index (κ1) is 11.5. The first-order chi connectivity index (χ1) is 6.58. The fourth-order valence-corrected chi connectivity index (χ4v) is 1.70. The summed E-state index contributed by atoms with van der Waals surface area (Å²) in [6.07, 6.45) is 4.27. The lowest BCUT2D eigenvalue weighted by Gasteiger charge is -2.05. The van der Waals surface area contributed by atoms with Gasteiger partial charge in [-0.15, -0.1) is 0 Å². The van der Waals surface area contributed by atoms with Crippen molar-refractivity contribution in [2.45, 2.75) is 39.5 Å². The summed E-state index contributed by atoms with van der Waals surface area (Å²) in [5.41, 5.74) is 5.63. The lowest BCUT2D eigenvalue weighted by molar-refractivity contribution is -0.122. The van der Waals surface area contributed by atoms with Gasteiger partial charge in [0.05, 0.1) is 0 Å². The highest BCUT2D eigenvalue weighted by atomic mass is 16.2. The maximum absolute atomic E-state index is 11.5. The Morgan fingerprint density at radius 1 is 1.43 bits per heavy atom. The summed E-state index contributed by atoms with van der Waals surface area (Å²) in [6.45, 7) is 5.85. The number of hydrogen-bond acceptors (Lipinski definition) is 2. The molecule has 3 heteroatoms. The quantitative estimate of drug-likeness (QED) is 0.632. The van der Waals surface area contributed by atoms with Crippen LogP contribution >= 0.6 is 0 Å². The van der Waals surface area contributed by atoms with Crippen molar-refractivity contribution in [2.75, 3.05) is 13.1 Å². The summed E-state index contributed by atoms with van der Waals surface area (Å²) >= 11 is 0. The molecular formula is C11H22N2O. The molecule has 0 aromatic rings. The van der Waals surface area contributed by atoms with Crippen LogP contribution in [0, 0.1) is 11.3 Å². The van der Waals surface area contributed by atoms with Crippen molar-refractivity contribution >= 4 is 5.91 Å². The molecule has 3 N–H and O–H groups in total. The van der Waals surface area contributed by atoms with Crippen LogP contribution < -0.4 is 11.1 Å². The van der Waals surface area contributed by atoms with Gasteiger partial charge in [-0.3, -0.25) is 4.79 Å². The Bertz CT molecular complexity index is 201. The molecule has 0 saturated heterocycles. The first-order valence-electron chi connectivity index (χ1n) is 5.56. The van der Waals surface area contributed by atoms with Crippen LogP contribution in [-0.4, -0.2) is 19.0 Å². The molecule has 0 aromatic carbocycles. The van der Waals surface area contributed by atoms with Crippen molar-refractivity contribution in [2.24, 2.45) is 17.1 Å². The summed E-state index contributed by atoms with van der Waals surface area (Å²) in [5.74, 6) is 0.500. The molecule has 1 unspecified atom stereocenters. The number of unbranched alkanes of at least 4 members (excludes halogenated alkanes) is 2. The largest absolute Gasteiger partial charge is 0.356 e. The van der Waals surface area contributed by atoms with Gasteiger partial charge in [-0.05, 0) is 31.2 Å². The average molecular weight is 198 g/mol. The predicted octanol–water partition coefficient (Wildman–Crippen LogP) is 1.28. The number of amides is 1. The Hall–Kier alpha value is -0.570. The lowest BCUT2D eigenvalue weighted by Crippen LogP contribution is -2.27. The number of carbonyl (C=O) groups is 1. The summed E-state index contributed by atoms with van der Waals surface area (Å²) in [4.78, 5) is 11.5. The van der Waals surface area contributed by atoms with E-state index < -0.39 is 0 Å². The maximum atomic E-state index is 11.5. The molecule has 1 aliphatic carbocycles. The van der Waals surface area contributed by atoms with Gasteiger partial charge >= 0.3 is 0 Å². The molecule has 3 nitrogen and oxygen atoms in total. The number of nitrogens with one attached hydrogen (secondary N) is 1.